The van der Waals surface area contributed by atoms with Gasteiger partial charge in [-0.2, -0.15) is 5.10 Å². The Morgan fingerprint density at radius 2 is 1.96 bits per heavy atom. The lowest BCUT2D eigenvalue weighted by molar-refractivity contribution is 0.171. The van der Waals surface area contributed by atoms with Gasteiger partial charge in [0.2, 0.25) is 0 Å². The number of ether oxygens (including phenoxy) is 1. The van der Waals surface area contributed by atoms with E-state index < -0.39 is 0 Å². The van der Waals surface area contributed by atoms with Crippen molar-refractivity contribution in [1.82, 2.24) is 14.7 Å². The molecule has 1 aromatic heterocycles. The standard InChI is InChI=1S/C23H29N3O2/c27-23-15-19-2-1-3-21(19)24-26(23)16-18-7-11-25(12-8-18)10-6-17-4-5-22-20(14-17)9-13-28-22/h4-5,14-15,18H,1-3,6-13,16H2. The zero-order valence-corrected chi connectivity index (χ0v) is 16.5. The van der Waals surface area contributed by atoms with Crippen LogP contribution in [0.25, 0.3) is 0 Å². The second-order valence-electron chi connectivity index (χ2n) is 8.57. The van der Waals surface area contributed by atoms with E-state index in [1.54, 1.807) is 4.68 Å². The highest BCUT2D eigenvalue weighted by molar-refractivity contribution is 5.39. The molecule has 5 heteroatoms. The summed E-state index contributed by atoms with van der Waals surface area (Å²) < 4.78 is 7.33. The van der Waals surface area contributed by atoms with Gasteiger partial charge in [0.1, 0.15) is 5.75 Å². The van der Waals surface area contributed by atoms with Gasteiger partial charge < -0.3 is 9.64 Å². The average Bonchev–Trinajstić information content (AvgIpc) is 3.36. The SMILES string of the molecule is O=c1cc2c(nn1CC1CCN(CCc3ccc4c(c3)CCO4)CC1)CCC2. The maximum atomic E-state index is 12.3. The second-order valence-corrected chi connectivity index (χ2v) is 8.57. The Kier molecular flexibility index (Phi) is 4.93. The first-order valence-corrected chi connectivity index (χ1v) is 10.8. The lowest BCUT2D eigenvalue weighted by Crippen LogP contribution is -2.38. The van der Waals surface area contributed by atoms with Crippen LogP contribution >= 0.6 is 0 Å². The van der Waals surface area contributed by atoms with Crippen molar-refractivity contribution in [3.05, 3.63) is 57.0 Å². The van der Waals surface area contributed by atoms with Crippen molar-refractivity contribution in [2.75, 3.05) is 26.2 Å². The summed E-state index contributed by atoms with van der Waals surface area (Å²) in [6.07, 6.45) is 7.65. The van der Waals surface area contributed by atoms with Crippen LogP contribution in [-0.4, -0.2) is 40.9 Å². The molecule has 0 unspecified atom stereocenters. The quantitative estimate of drug-likeness (QED) is 0.801. The molecule has 1 aromatic carbocycles. The Hall–Kier alpha value is -2.14. The predicted molar refractivity (Wildman–Crippen MR) is 109 cm³/mol. The molecule has 1 aliphatic carbocycles. The molecule has 3 heterocycles. The number of fused-ring (bicyclic) bond motifs is 2. The Morgan fingerprint density at radius 1 is 1.07 bits per heavy atom. The van der Waals surface area contributed by atoms with Gasteiger partial charge in [0.15, 0.2) is 0 Å². The normalized spacial score (nSPS) is 19.4. The number of hydrogen-bond donors (Lipinski definition) is 0. The molecular weight excluding hydrogens is 350 g/mol. The van der Waals surface area contributed by atoms with E-state index in [1.807, 2.05) is 6.07 Å². The van der Waals surface area contributed by atoms with E-state index in [2.05, 4.69) is 28.2 Å². The van der Waals surface area contributed by atoms with Crippen LogP contribution in [0.15, 0.2) is 29.1 Å². The summed E-state index contributed by atoms with van der Waals surface area (Å²) in [4.78, 5) is 14.9. The molecule has 1 fully saturated rings. The predicted octanol–water partition coefficient (Wildman–Crippen LogP) is 2.62. The number of nitrogens with zero attached hydrogens (tertiary/aromatic N) is 3. The highest BCUT2D eigenvalue weighted by atomic mass is 16.5. The van der Waals surface area contributed by atoms with Crippen LogP contribution in [0.2, 0.25) is 0 Å². The summed E-state index contributed by atoms with van der Waals surface area (Å²) in [6, 6.07) is 8.49. The number of rotatable bonds is 5. The minimum Gasteiger partial charge on any atom is -0.493 e. The molecule has 0 radical (unpaired) electrons. The number of hydrogen-bond acceptors (Lipinski definition) is 4. The number of aromatic nitrogens is 2. The van der Waals surface area contributed by atoms with E-state index in [4.69, 9.17) is 4.74 Å². The largest absolute Gasteiger partial charge is 0.493 e. The van der Waals surface area contributed by atoms with Crippen molar-refractivity contribution in [2.45, 2.75) is 51.5 Å². The fourth-order valence-corrected chi connectivity index (χ4v) is 4.89. The molecule has 0 amide bonds. The third-order valence-corrected chi connectivity index (χ3v) is 6.63. The van der Waals surface area contributed by atoms with Crippen molar-refractivity contribution in [2.24, 2.45) is 5.92 Å². The highest BCUT2D eigenvalue weighted by Crippen LogP contribution is 2.26. The van der Waals surface area contributed by atoms with Gasteiger partial charge in [-0.15, -0.1) is 0 Å². The molecule has 3 aliphatic rings. The summed E-state index contributed by atoms with van der Waals surface area (Å²) in [7, 11) is 0. The second kappa shape index (κ2) is 7.70. The molecule has 0 N–H and O–H groups in total. The first-order valence-electron chi connectivity index (χ1n) is 10.8. The Bertz CT molecular complexity index is 913. The molecular formula is C23H29N3O2. The maximum Gasteiger partial charge on any atom is 0.267 e. The van der Waals surface area contributed by atoms with Gasteiger partial charge in [0.25, 0.3) is 5.56 Å². The number of likely N-dealkylation sites (tertiary alicyclic amines) is 1. The van der Waals surface area contributed by atoms with Crippen molar-refractivity contribution < 1.29 is 4.74 Å². The molecule has 148 valence electrons. The fourth-order valence-electron chi connectivity index (χ4n) is 4.89. The molecule has 0 spiro atoms. The number of aryl methyl sites for hydroxylation is 2. The zero-order valence-electron chi connectivity index (χ0n) is 16.5. The van der Waals surface area contributed by atoms with E-state index in [-0.39, 0.29) is 5.56 Å². The molecule has 28 heavy (non-hydrogen) atoms. The minimum atomic E-state index is 0.0867. The van der Waals surface area contributed by atoms with Crippen LogP contribution in [0.4, 0.5) is 0 Å². The van der Waals surface area contributed by atoms with Crippen LogP contribution in [0.1, 0.15) is 41.6 Å². The van der Waals surface area contributed by atoms with E-state index in [0.717, 1.165) is 89.2 Å². The maximum absolute atomic E-state index is 12.3. The van der Waals surface area contributed by atoms with E-state index in [9.17, 15) is 4.79 Å². The van der Waals surface area contributed by atoms with Crippen molar-refractivity contribution >= 4 is 0 Å². The van der Waals surface area contributed by atoms with Gasteiger partial charge in [0, 0.05) is 25.6 Å². The first kappa shape index (κ1) is 17.9. The van der Waals surface area contributed by atoms with Gasteiger partial charge in [-0.1, -0.05) is 12.1 Å². The van der Waals surface area contributed by atoms with E-state index in [0.29, 0.717) is 5.92 Å². The van der Waals surface area contributed by atoms with Gasteiger partial charge in [0.05, 0.1) is 12.3 Å². The molecule has 2 aliphatic heterocycles. The molecule has 0 atom stereocenters. The molecule has 5 rings (SSSR count). The molecule has 1 saturated heterocycles. The van der Waals surface area contributed by atoms with Gasteiger partial charge in [-0.05, 0) is 80.3 Å². The molecule has 0 bridgehead atoms. The third kappa shape index (κ3) is 3.72. The van der Waals surface area contributed by atoms with Crippen LogP contribution in [-0.2, 0) is 32.2 Å². The Morgan fingerprint density at radius 3 is 2.86 bits per heavy atom. The van der Waals surface area contributed by atoms with Gasteiger partial charge >= 0.3 is 0 Å². The van der Waals surface area contributed by atoms with Crippen molar-refractivity contribution in [1.29, 1.82) is 0 Å². The Labute approximate surface area is 166 Å². The smallest absolute Gasteiger partial charge is 0.267 e. The van der Waals surface area contributed by atoms with E-state index >= 15 is 0 Å². The third-order valence-electron chi connectivity index (χ3n) is 6.63. The summed E-state index contributed by atoms with van der Waals surface area (Å²) in [5, 5.41) is 4.65. The lowest BCUT2D eigenvalue weighted by Gasteiger charge is -2.32. The van der Waals surface area contributed by atoms with Gasteiger partial charge in [-0.3, -0.25) is 4.79 Å². The van der Waals surface area contributed by atoms with Crippen LogP contribution in [0, 0.1) is 5.92 Å². The fraction of sp³-hybridized carbons (Fsp3) is 0.565. The summed E-state index contributed by atoms with van der Waals surface area (Å²) in [5.41, 5.74) is 5.19. The minimum absolute atomic E-state index is 0.0867. The zero-order chi connectivity index (χ0) is 18.9. The Balaban J connectivity index is 1.12. The topological polar surface area (TPSA) is 47.4 Å². The average molecular weight is 380 g/mol. The van der Waals surface area contributed by atoms with Gasteiger partial charge in [-0.25, -0.2) is 4.68 Å². The van der Waals surface area contributed by atoms with Crippen LogP contribution in [0.3, 0.4) is 0 Å². The monoisotopic (exact) mass is 379 g/mol. The summed E-state index contributed by atoms with van der Waals surface area (Å²) >= 11 is 0. The molecule has 5 nitrogen and oxygen atoms in total. The van der Waals surface area contributed by atoms with Crippen LogP contribution in [0.5, 0.6) is 5.75 Å². The summed E-state index contributed by atoms with van der Waals surface area (Å²) in [6.45, 7) is 4.97. The molecule has 0 saturated carbocycles. The first-order chi connectivity index (χ1) is 13.7. The van der Waals surface area contributed by atoms with E-state index in [1.165, 1.54) is 16.7 Å². The van der Waals surface area contributed by atoms with Crippen molar-refractivity contribution in [3.63, 3.8) is 0 Å². The number of piperidine rings is 1. The highest BCUT2D eigenvalue weighted by Gasteiger charge is 2.22. The van der Waals surface area contributed by atoms with Crippen molar-refractivity contribution in [3.8, 4) is 5.75 Å². The summed E-state index contributed by atoms with van der Waals surface area (Å²) in [5.74, 6) is 1.64. The lowest BCUT2D eigenvalue weighted by atomic mass is 9.96. The number of benzene rings is 1. The van der Waals surface area contributed by atoms with Crippen LogP contribution < -0.4 is 10.3 Å². The molecule has 2 aromatic rings.